The standard InChI is InChI=1S/C27H31N5O2S/c1-3-24(33)29-20-14-13-19(17-23(20)34-2)32-26(22-12-8-16-31(22)18-9-4-5-10-18)25(30-27(32)35)21-11-6-7-15-28-21/h6-8,11-18,25-26H,3-5,9-10H2,1-2H3,(H,29,33)(H,30,35). The lowest BCUT2D eigenvalue weighted by Gasteiger charge is -2.30. The van der Waals surface area contributed by atoms with Gasteiger partial charge < -0.3 is 24.8 Å². The zero-order valence-corrected chi connectivity index (χ0v) is 20.9. The first-order valence-electron chi connectivity index (χ1n) is 12.3. The van der Waals surface area contributed by atoms with Gasteiger partial charge in [0.25, 0.3) is 0 Å². The molecule has 5 rings (SSSR count). The van der Waals surface area contributed by atoms with Gasteiger partial charge in [0.1, 0.15) is 11.8 Å². The number of hydrogen-bond acceptors (Lipinski definition) is 4. The van der Waals surface area contributed by atoms with E-state index in [0.717, 1.165) is 11.4 Å². The highest BCUT2D eigenvalue weighted by Crippen LogP contribution is 2.45. The summed E-state index contributed by atoms with van der Waals surface area (Å²) in [5.74, 6) is 0.537. The van der Waals surface area contributed by atoms with Crippen LogP contribution in [0, 0.1) is 0 Å². The maximum Gasteiger partial charge on any atom is 0.224 e. The predicted molar refractivity (Wildman–Crippen MR) is 142 cm³/mol. The Balaban J connectivity index is 1.59. The summed E-state index contributed by atoms with van der Waals surface area (Å²) in [5, 5.41) is 7.09. The molecule has 3 heterocycles. The van der Waals surface area contributed by atoms with Gasteiger partial charge in [0.2, 0.25) is 5.91 Å². The molecule has 2 aromatic heterocycles. The molecule has 2 unspecified atom stereocenters. The van der Waals surface area contributed by atoms with E-state index in [2.05, 4.69) is 43.4 Å². The van der Waals surface area contributed by atoms with E-state index in [1.807, 2.05) is 49.5 Å². The molecule has 1 saturated carbocycles. The molecule has 35 heavy (non-hydrogen) atoms. The Labute approximate surface area is 211 Å². The van der Waals surface area contributed by atoms with Crippen LogP contribution in [-0.4, -0.2) is 27.7 Å². The van der Waals surface area contributed by atoms with Crippen molar-refractivity contribution in [3.05, 3.63) is 72.3 Å². The first kappa shape index (κ1) is 23.4. The van der Waals surface area contributed by atoms with Crippen LogP contribution in [-0.2, 0) is 4.79 Å². The summed E-state index contributed by atoms with van der Waals surface area (Å²) in [6, 6.07) is 16.4. The molecular formula is C27H31N5O2S. The zero-order valence-electron chi connectivity index (χ0n) is 20.1. The first-order chi connectivity index (χ1) is 17.1. The molecule has 0 radical (unpaired) electrons. The average Bonchev–Trinajstić information content (AvgIpc) is 3.64. The second-order valence-corrected chi connectivity index (χ2v) is 9.45. The first-order valence-corrected chi connectivity index (χ1v) is 12.7. The summed E-state index contributed by atoms with van der Waals surface area (Å²) >= 11 is 5.90. The number of anilines is 2. The fourth-order valence-electron chi connectivity index (χ4n) is 5.28. The number of carbonyl (C=O) groups is 1. The molecular weight excluding hydrogens is 458 g/mol. The van der Waals surface area contributed by atoms with E-state index in [4.69, 9.17) is 17.0 Å². The lowest BCUT2D eigenvalue weighted by molar-refractivity contribution is -0.115. The highest BCUT2D eigenvalue weighted by atomic mass is 32.1. The van der Waals surface area contributed by atoms with Crippen molar-refractivity contribution >= 4 is 34.6 Å². The number of nitrogens with zero attached hydrogens (tertiary/aromatic N) is 3. The molecule has 0 bridgehead atoms. The van der Waals surface area contributed by atoms with Gasteiger partial charge in [-0.05, 0) is 61.5 Å². The summed E-state index contributed by atoms with van der Waals surface area (Å²) in [4.78, 5) is 18.8. The van der Waals surface area contributed by atoms with Gasteiger partial charge in [0, 0.05) is 42.3 Å². The molecule has 1 amide bonds. The van der Waals surface area contributed by atoms with Crippen LogP contribution in [0.15, 0.2) is 60.9 Å². The molecule has 3 aromatic rings. The van der Waals surface area contributed by atoms with E-state index in [-0.39, 0.29) is 18.0 Å². The SMILES string of the molecule is CCC(=O)Nc1ccc(N2C(=S)NC(c3ccccn3)C2c2cccn2C2CCCC2)cc1OC. The van der Waals surface area contributed by atoms with Gasteiger partial charge in [-0.2, -0.15) is 0 Å². The van der Waals surface area contributed by atoms with Gasteiger partial charge >= 0.3 is 0 Å². The molecule has 7 nitrogen and oxygen atoms in total. The number of ether oxygens (including phenoxy) is 1. The fourth-order valence-corrected chi connectivity index (χ4v) is 5.62. The third-order valence-corrected chi connectivity index (χ3v) is 7.30. The third kappa shape index (κ3) is 4.50. The Morgan fingerprint density at radius 1 is 1.20 bits per heavy atom. The highest BCUT2D eigenvalue weighted by Gasteiger charge is 2.42. The number of hydrogen-bond donors (Lipinski definition) is 2. The lowest BCUT2D eigenvalue weighted by Crippen LogP contribution is -2.30. The summed E-state index contributed by atoms with van der Waals surface area (Å²) in [7, 11) is 1.61. The number of carbonyl (C=O) groups excluding carboxylic acids is 1. The number of benzene rings is 1. The average molecular weight is 490 g/mol. The zero-order chi connectivity index (χ0) is 24.4. The van der Waals surface area contributed by atoms with Gasteiger partial charge in [-0.3, -0.25) is 9.78 Å². The van der Waals surface area contributed by atoms with Crippen LogP contribution in [0.4, 0.5) is 11.4 Å². The Kier molecular flexibility index (Phi) is 6.72. The highest BCUT2D eigenvalue weighted by molar-refractivity contribution is 7.80. The van der Waals surface area contributed by atoms with E-state index < -0.39 is 0 Å². The van der Waals surface area contributed by atoms with Crippen molar-refractivity contribution in [2.45, 2.75) is 57.2 Å². The Morgan fingerprint density at radius 2 is 2.03 bits per heavy atom. The summed E-state index contributed by atoms with van der Waals surface area (Å²) in [6.45, 7) is 1.83. The molecule has 1 aromatic carbocycles. The van der Waals surface area contributed by atoms with E-state index in [1.165, 1.54) is 31.4 Å². The van der Waals surface area contributed by atoms with Crippen LogP contribution in [0.5, 0.6) is 5.75 Å². The van der Waals surface area contributed by atoms with E-state index in [9.17, 15) is 4.79 Å². The van der Waals surface area contributed by atoms with Crippen molar-refractivity contribution in [1.29, 1.82) is 0 Å². The lowest BCUT2D eigenvalue weighted by atomic mass is 10.00. The minimum atomic E-state index is -0.107. The van der Waals surface area contributed by atoms with Crippen molar-refractivity contribution in [3.8, 4) is 5.75 Å². The molecule has 1 saturated heterocycles. The number of nitrogens with one attached hydrogen (secondary N) is 2. The molecule has 2 aliphatic rings. The predicted octanol–water partition coefficient (Wildman–Crippen LogP) is 5.53. The van der Waals surface area contributed by atoms with Crippen molar-refractivity contribution in [2.75, 3.05) is 17.3 Å². The smallest absolute Gasteiger partial charge is 0.224 e. The number of methoxy groups -OCH3 is 1. The summed E-state index contributed by atoms with van der Waals surface area (Å²) in [6.07, 6.45) is 9.34. The maximum atomic E-state index is 12.0. The molecule has 8 heteroatoms. The van der Waals surface area contributed by atoms with Gasteiger partial charge in [-0.25, -0.2) is 0 Å². The third-order valence-electron chi connectivity index (χ3n) is 6.99. The maximum absolute atomic E-state index is 12.0. The molecule has 1 aliphatic heterocycles. The monoisotopic (exact) mass is 489 g/mol. The molecule has 2 N–H and O–H groups in total. The number of thiocarbonyl (C=S) groups is 1. The van der Waals surface area contributed by atoms with Crippen LogP contribution >= 0.6 is 12.2 Å². The van der Waals surface area contributed by atoms with E-state index in [0.29, 0.717) is 29.0 Å². The Morgan fingerprint density at radius 3 is 2.74 bits per heavy atom. The minimum absolute atomic E-state index is 0.0584. The van der Waals surface area contributed by atoms with Gasteiger partial charge in [0.15, 0.2) is 5.11 Å². The molecule has 2 fully saturated rings. The fraction of sp³-hybridized carbons (Fsp3) is 0.370. The second-order valence-electron chi connectivity index (χ2n) is 9.06. The van der Waals surface area contributed by atoms with Crippen molar-refractivity contribution in [2.24, 2.45) is 0 Å². The molecule has 182 valence electrons. The number of amides is 1. The van der Waals surface area contributed by atoms with Gasteiger partial charge in [-0.15, -0.1) is 0 Å². The van der Waals surface area contributed by atoms with Gasteiger partial charge in [0.05, 0.1) is 24.5 Å². The van der Waals surface area contributed by atoms with E-state index in [1.54, 1.807) is 7.11 Å². The minimum Gasteiger partial charge on any atom is -0.494 e. The van der Waals surface area contributed by atoms with Crippen molar-refractivity contribution in [1.82, 2.24) is 14.9 Å². The van der Waals surface area contributed by atoms with Crippen LogP contribution in [0.25, 0.3) is 0 Å². The van der Waals surface area contributed by atoms with Crippen LogP contribution in [0.2, 0.25) is 0 Å². The topological polar surface area (TPSA) is 71.4 Å². The second kappa shape index (κ2) is 10.1. The largest absolute Gasteiger partial charge is 0.494 e. The Hall–Kier alpha value is -3.39. The quantitative estimate of drug-likeness (QED) is 0.425. The van der Waals surface area contributed by atoms with Crippen LogP contribution in [0.1, 0.15) is 68.5 Å². The normalized spacial score (nSPS) is 20.2. The van der Waals surface area contributed by atoms with Crippen LogP contribution in [0.3, 0.4) is 0 Å². The molecule has 2 atom stereocenters. The number of rotatable bonds is 7. The van der Waals surface area contributed by atoms with Crippen LogP contribution < -0.4 is 20.3 Å². The number of pyridine rings is 1. The molecule has 0 spiro atoms. The van der Waals surface area contributed by atoms with Crippen molar-refractivity contribution in [3.63, 3.8) is 0 Å². The van der Waals surface area contributed by atoms with E-state index >= 15 is 0 Å². The summed E-state index contributed by atoms with van der Waals surface area (Å²) in [5.41, 5.74) is 3.70. The molecule has 1 aliphatic carbocycles. The van der Waals surface area contributed by atoms with Gasteiger partial charge in [-0.1, -0.05) is 25.8 Å². The summed E-state index contributed by atoms with van der Waals surface area (Å²) < 4.78 is 8.08. The Bertz CT molecular complexity index is 1210. The van der Waals surface area contributed by atoms with Crippen molar-refractivity contribution < 1.29 is 9.53 Å². The number of aromatic nitrogens is 2.